The van der Waals surface area contributed by atoms with Gasteiger partial charge in [0, 0.05) is 41.9 Å². The molecule has 0 spiro atoms. The van der Waals surface area contributed by atoms with E-state index in [0.717, 1.165) is 35.9 Å². The van der Waals surface area contributed by atoms with Crippen molar-refractivity contribution in [2.24, 2.45) is 7.05 Å². The summed E-state index contributed by atoms with van der Waals surface area (Å²) in [6.45, 7) is 2.11. The first-order chi connectivity index (χ1) is 20.7. The minimum Gasteiger partial charge on any atom is -0.481 e. The summed E-state index contributed by atoms with van der Waals surface area (Å²) in [5.41, 5.74) is 2.75. The number of nitrogens with one attached hydrogen (secondary N) is 2. The lowest BCUT2D eigenvalue weighted by atomic mass is 9.92. The van der Waals surface area contributed by atoms with Gasteiger partial charge in [-0.15, -0.1) is 0 Å². The van der Waals surface area contributed by atoms with Crippen LogP contribution in [0.15, 0.2) is 53.3 Å². The number of pyridine rings is 1. The van der Waals surface area contributed by atoms with Gasteiger partial charge in [-0.3, -0.25) is 9.59 Å². The van der Waals surface area contributed by atoms with E-state index in [2.05, 4.69) is 20.7 Å². The number of ether oxygens (including phenoxy) is 1. The van der Waals surface area contributed by atoms with E-state index >= 15 is 0 Å². The quantitative estimate of drug-likeness (QED) is 0.245. The van der Waals surface area contributed by atoms with Gasteiger partial charge < -0.3 is 20.5 Å². The molecule has 5 rings (SSSR count). The van der Waals surface area contributed by atoms with Crippen molar-refractivity contribution < 1.29 is 14.6 Å². The fourth-order valence-electron chi connectivity index (χ4n) is 5.27. The average molecular weight is 624 g/mol. The molecule has 2 aromatic carbocycles. The smallest absolute Gasteiger partial charge is 0.298 e. The van der Waals surface area contributed by atoms with Crippen molar-refractivity contribution in [3.05, 3.63) is 86.0 Å². The summed E-state index contributed by atoms with van der Waals surface area (Å²) in [5, 5.41) is 21.0. The van der Waals surface area contributed by atoms with Gasteiger partial charge >= 0.3 is 0 Å². The molecule has 4 aromatic rings. The number of aromatic nitrogens is 4. The molecule has 0 radical (unpaired) electrons. The maximum absolute atomic E-state index is 12.9. The highest BCUT2D eigenvalue weighted by molar-refractivity contribution is 6.39. The highest BCUT2D eigenvalue weighted by Crippen LogP contribution is 2.41. The maximum Gasteiger partial charge on any atom is 0.298 e. The number of nitrogens with zero attached hydrogens (tertiary/aromatic N) is 4. The minimum atomic E-state index is -0.700. The van der Waals surface area contributed by atoms with E-state index in [1.165, 1.54) is 7.05 Å². The second kappa shape index (κ2) is 13.2. The van der Waals surface area contributed by atoms with Crippen LogP contribution in [0.1, 0.15) is 47.6 Å². The molecule has 12 heteroatoms. The van der Waals surface area contributed by atoms with Crippen LogP contribution in [0, 0.1) is 6.92 Å². The number of carbonyl (C=O) groups is 1. The molecule has 0 aliphatic heterocycles. The van der Waals surface area contributed by atoms with Crippen LogP contribution in [0.2, 0.25) is 10.0 Å². The Morgan fingerprint density at radius 1 is 1.02 bits per heavy atom. The zero-order valence-electron chi connectivity index (χ0n) is 24.0. The van der Waals surface area contributed by atoms with Crippen molar-refractivity contribution in [3.8, 4) is 28.3 Å². The fourth-order valence-corrected chi connectivity index (χ4v) is 5.87. The molecule has 43 heavy (non-hydrogen) atoms. The molecule has 3 N–H and O–H groups in total. The number of methoxy groups -OCH3 is 1. The van der Waals surface area contributed by atoms with E-state index in [1.807, 2.05) is 30.3 Å². The zero-order chi connectivity index (χ0) is 30.7. The summed E-state index contributed by atoms with van der Waals surface area (Å²) in [6, 6.07) is 14.5. The van der Waals surface area contributed by atoms with Crippen molar-refractivity contribution in [2.45, 2.75) is 51.3 Å². The normalized spacial score (nSPS) is 16.6. The third-order valence-electron chi connectivity index (χ3n) is 7.51. The number of aryl methyl sites for hydroxylation is 2. The Morgan fingerprint density at radius 2 is 1.72 bits per heavy atom. The molecule has 224 valence electrons. The van der Waals surface area contributed by atoms with E-state index in [-0.39, 0.29) is 28.7 Å². The van der Waals surface area contributed by atoms with Gasteiger partial charge in [-0.25, -0.2) is 14.6 Å². The number of amides is 1. The summed E-state index contributed by atoms with van der Waals surface area (Å²) in [6.07, 6.45) is 3.53. The van der Waals surface area contributed by atoms with Crippen LogP contribution in [-0.2, 0) is 13.6 Å². The molecule has 0 bridgehead atoms. The van der Waals surface area contributed by atoms with Crippen LogP contribution in [0.4, 0.5) is 5.69 Å². The maximum atomic E-state index is 12.9. The summed E-state index contributed by atoms with van der Waals surface area (Å²) in [4.78, 5) is 34.1. The monoisotopic (exact) mass is 622 g/mol. The predicted octanol–water partition coefficient (Wildman–Crippen LogP) is 5.17. The van der Waals surface area contributed by atoms with Crippen LogP contribution in [0.25, 0.3) is 22.4 Å². The zero-order valence-corrected chi connectivity index (χ0v) is 25.5. The molecular weight excluding hydrogens is 591 g/mol. The summed E-state index contributed by atoms with van der Waals surface area (Å²) < 4.78 is 6.67. The third-order valence-corrected chi connectivity index (χ3v) is 8.32. The molecule has 10 nitrogen and oxygen atoms in total. The van der Waals surface area contributed by atoms with Crippen LogP contribution in [0.5, 0.6) is 5.88 Å². The van der Waals surface area contributed by atoms with Crippen molar-refractivity contribution >= 4 is 34.8 Å². The Bertz CT molecular complexity index is 1730. The van der Waals surface area contributed by atoms with Gasteiger partial charge in [-0.1, -0.05) is 72.4 Å². The SMILES string of the molecule is COc1nc(-c2cccc(-c3cccc(NC(=O)c4nc(C)nn(C)c4=O)c3Cl)c2Cl)ccc1CNC1CCCCC1O. The number of carbonyl (C=O) groups excluding carboxylic acids is 1. The molecule has 1 amide bonds. The van der Waals surface area contributed by atoms with Gasteiger partial charge in [-0.05, 0) is 31.9 Å². The second-order valence-corrected chi connectivity index (χ2v) is 11.2. The van der Waals surface area contributed by atoms with Crippen molar-refractivity contribution in [1.29, 1.82) is 0 Å². The number of rotatable bonds is 8. The molecule has 2 unspecified atom stereocenters. The van der Waals surface area contributed by atoms with Crippen LogP contribution in [-0.4, -0.2) is 50.0 Å². The van der Waals surface area contributed by atoms with E-state index < -0.39 is 11.5 Å². The molecule has 1 aliphatic rings. The summed E-state index contributed by atoms with van der Waals surface area (Å²) in [7, 11) is 3.02. The number of hydrogen-bond acceptors (Lipinski definition) is 8. The van der Waals surface area contributed by atoms with Gasteiger partial charge in [0.25, 0.3) is 11.5 Å². The highest BCUT2D eigenvalue weighted by atomic mass is 35.5. The van der Waals surface area contributed by atoms with Crippen LogP contribution >= 0.6 is 23.2 Å². The van der Waals surface area contributed by atoms with E-state index in [9.17, 15) is 14.7 Å². The number of halogens is 2. The standard InChI is InChI=1S/C31H32Cl2N6O4/c1-17-35-28(31(42)39(2)38-17)29(41)36-24-12-7-9-20(27(24)33)19-8-6-10-21(26(19)32)22-15-14-18(30(37-22)43-3)16-34-23-11-4-5-13-25(23)40/h6-10,12,14-15,23,25,34,40H,4-5,11,13,16H2,1-3H3,(H,36,41). The molecule has 2 atom stereocenters. The Hall–Kier alpha value is -3.83. The van der Waals surface area contributed by atoms with E-state index in [4.69, 9.17) is 32.9 Å². The van der Waals surface area contributed by atoms with E-state index in [0.29, 0.717) is 45.5 Å². The van der Waals surface area contributed by atoms with Gasteiger partial charge in [0.05, 0.1) is 34.6 Å². The molecule has 1 aliphatic carbocycles. The largest absolute Gasteiger partial charge is 0.481 e. The lowest BCUT2D eigenvalue weighted by Gasteiger charge is -2.28. The molecule has 1 saturated carbocycles. The van der Waals surface area contributed by atoms with Crippen molar-refractivity contribution in [1.82, 2.24) is 25.1 Å². The third kappa shape index (κ3) is 6.57. The number of anilines is 1. The molecule has 0 saturated heterocycles. The van der Waals surface area contributed by atoms with Gasteiger partial charge in [0.2, 0.25) is 5.88 Å². The number of aliphatic hydroxyl groups excluding tert-OH is 1. The van der Waals surface area contributed by atoms with Crippen molar-refractivity contribution in [3.63, 3.8) is 0 Å². The van der Waals surface area contributed by atoms with Crippen LogP contribution < -0.4 is 20.9 Å². The average Bonchev–Trinajstić information content (AvgIpc) is 3.00. The second-order valence-electron chi connectivity index (χ2n) is 10.4. The van der Waals surface area contributed by atoms with Gasteiger partial charge in [-0.2, -0.15) is 5.10 Å². The van der Waals surface area contributed by atoms with Crippen LogP contribution in [0.3, 0.4) is 0 Å². The first-order valence-corrected chi connectivity index (χ1v) is 14.7. The molecular formula is C31H32Cl2N6O4. The number of aliphatic hydroxyl groups is 1. The topological polar surface area (TPSA) is 131 Å². The van der Waals surface area contributed by atoms with E-state index in [1.54, 1.807) is 32.2 Å². The molecule has 2 aromatic heterocycles. The molecule has 2 heterocycles. The molecule has 1 fully saturated rings. The van der Waals surface area contributed by atoms with Crippen molar-refractivity contribution in [2.75, 3.05) is 12.4 Å². The summed E-state index contributed by atoms with van der Waals surface area (Å²) >= 11 is 13.7. The number of hydrogen-bond donors (Lipinski definition) is 3. The lowest BCUT2D eigenvalue weighted by molar-refractivity contribution is 0.0901. The first kappa shape index (κ1) is 30.6. The van der Waals surface area contributed by atoms with Gasteiger partial charge in [0.15, 0.2) is 5.69 Å². The highest BCUT2D eigenvalue weighted by Gasteiger charge is 2.23. The minimum absolute atomic E-state index is 0.0463. The lowest BCUT2D eigenvalue weighted by Crippen LogP contribution is -2.41. The number of benzene rings is 2. The Labute approximate surface area is 259 Å². The Kier molecular flexibility index (Phi) is 9.41. The fraction of sp³-hybridized carbons (Fsp3) is 0.323. The van der Waals surface area contributed by atoms with Gasteiger partial charge in [0.1, 0.15) is 5.82 Å². The first-order valence-electron chi connectivity index (χ1n) is 13.9. The summed E-state index contributed by atoms with van der Waals surface area (Å²) in [5.74, 6) is 0.0488. The predicted molar refractivity (Wildman–Crippen MR) is 167 cm³/mol. The Balaban J connectivity index is 1.41. The Morgan fingerprint density at radius 3 is 2.47 bits per heavy atom.